The first-order valence-electron chi connectivity index (χ1n) is 7.87. The third kappa shape index (κ3) is 5.53. The Labute approximate surface area is 174 Å². The Bertz CT molecular complexity index is 1020. The summed E-state index contributed by atoms with van der Waals surface area (Å²) in [5.41, 5.74) is 4.24. The molecular weight excluding hydrogens is 421 g/mol. The van der Waals surface area contributed by atoms with Crippen molar-refractivity contribution in [2.45, 2.75) is 0 Å². The molecule has 28 heavy (non-hydrogen) atoms. The summed E-state index contributed by atoms with van der Waals surface area (Å²) >= 11 is 13.2. The lowest BCUT2D eigenvalue weighted by Crippen LogP contribution is -2.32. The topological polar surface area (TPSA) is 95.5 Å². The second-order valence-corrected chi connectivity index (χ2v) is 7.12. The summed E-state index contributed by atoms with van der Waals surface area (Å²) in [6.07, 6.45) is 2.90. The number of aromatic nitrogens is 1. The van der Waals surface area contributed by atoms with Crippen LogP contribution < -0.4 is 16.1 Å². The number of rotatable bonds is 5. The highest BCUT2D eigenvalue weighted by Crippen LogP contribution is 2.24. The van der Waals surface area contributed by atoms with E-state index in [0.29, 0.717) is 26.4 Å². The van der Waals surface area contributed by atoms with Crippen LogP contribution in [-0.2, 0) is 9.59 Å². The summed E-state index contributed by atoms with van der Waals surface area (Å²) in [5.74, 6) is -1.78. The predicted octanol–water partition coefficient (Wildman–Crippen LogP) is 4.28. The van der Waals surface area contributed by atoms with Gasteiger partial charge in [-0.05, 0) is 36.4 Å². The summed E-state index contributed by atoms with van der Waals surface area (Å²) in [7, 11) is 0. The van der Waals surface area contributed by atoms with E-state index in [0.717, 1.165) is 5.69 Å². The Kier molecular flexibility index (Phi) is 6.59. The van der Waals surface area contributed by atoms with Gasteiger partial charge < -0.3 is 5.32 Å². The second-order valence-electron chi connectivity index (χ2n) is 5.36. The lowest BCUT2D eigenvalue weighted by Gasteiger charge is -2.10. The molecule has 3 aromatic rings. The van der Waals surface area contributed by atoms with Crippen LogP contribution in [0.5, 0.6) is 0 Å². The van der Waals surface area contributed by atoms with Gasteiger partial charge in [0.1, 0.15) is 0 Å². The first-order chi connectivity index (χ1) is 13.5. The van der Waals surface area contributed by atoms with Gasteiger partial charge in [-0.3, -0.25) is 14.9 Å². The van der Waals surface area contributed by atoms with Gasteiger partial charge in [-0.15, -0.1) is 11.3 Å². The SMILES string of the molecule is O=C(N/N=C\c1cc(Cl)ccc1Nc1cccc(Cl)c1)C(=O)Nc1nccs1. The maximum Gasteiger partial charge on any atom is 0.329 e. The Morgan fingerprint density at radius 3 is 2.64 bits per heavy atom. The number of carbonyl (C=O) groups excluding carboxylic acids is 2. The van der Waals surface area contributed by atoms with Crippen LogP contribution in [-0.4, -0.2) is 23.0 Å². The van der Waals surface area contributed by atoms with Crippen LogP contribution in [0.1, 0.15) is 5.56 Å². The zero-order valence-corrected chi connectivity index (χ0v) is 16.5. The van der Waals surface area contributed by atoms with Crippen LogP contribution >= 0.6 is 34.5 Å². The summed E-state index contributed by atoms with van der Waals surface area (Å²) in [6, 6.07) is 12.3. The second kappa shape index (κ2) is 9.32. The maximum atomic E-state index is 11.8. The minimum atomic E-state index is -0.919. The first-order valence-corrected chi connectivity index (χ1v) is 9.51. The van der Waals surface area contributed by atoms with Crippen molar-refractivity contribution in [1.82, 2.24) is 10.4 Å². The van der Waals surface area contributed by atoms with E-state index in [1.54, 1.807) is 35.7 Å². The zero-order valence-electron chi connectivity index (χ0n) is 14.1. The Balaban J connectivity index is 1.68. The van der Waals surface area contributed by atoms with Crippen molar-refractivity contribution in [3.05, 3.63) is 69.7 Å². The van der Waals surface area contributed by atoms with Gasteiger partial charge >= 0.3 is 11.8 Å². The highest BCUT2D eigenvalue weighted by atomic mass is 35.5. The number of benzene rings is 2. The summed E-state index contributed by atoms with van der Waals surface area (Å²) in [6.45, 7) is 0. The van der Waals surface area contributed by atoms with Crippen LogP contribution in [0, 0.1) is 0 Å². The van der Waals surface area contributed by atoms with Gasteiger partial charge in [-0.1, -0.05) is 29.3 Å². The van der Waals surface area contributed by atoms with Crippen molar-refractivity contribution < 1.29 is 9.59 Å². The van der Waals surface area contributed by atoms with Crippen molar-refractivity contribution in [2.24, 2.45) is 5.10 Å². The molecule has 3 N–H and O–H groups in total. The quantitative estimate of drug-likeness (QED) is 0.317. The minimum Gasteiger partial charge on any atom is -0.355 e. The zero-order chi connectivity index (χ0) is 19.9. The summed E-state index contributed by atoms with van der Waals surface area (Å²) < 4.78 is 0. The van der Waals surface area contributed by atoms with Gasteiger partial charge in [0.15, 0.2) is 5.13 Å². The van der Waals surface area contributed by atoms with Crippen molar-refractivity contribution in [3.63, 3.8) is 0 Å². The third-order valence-corrected chi connectivity index (χ3v) is 4.50. The molecule has 1 heterocycles. The fourth-order valence-electron chi connectivity index (χ4n) is 2.13. The molecule has 0 saturated heterocycles. The molecule has 0 aliphatic heterocycles. The van der Waals surface area contributed by atoms with Gasteiger partial charge in [0.2, 0.25) is 0 Å². The van der Waals surface area contributed by atoms with E-state index in [1.165, 1.54) is 23.7 Å². The molecular formula is C18H13Cl2N5O2S. The predicted molar refractivity (Wildman–Crippen MR) is 113 cm³/mol. The Morgan fingerprint density at radius 2 is 1.89 bits per heavy atom. The average molecular weight is 434 g/mol. The van der Waals surface area contributed by atoms with Gasteiger partial charge in [0, 0.05) is 38.6 Å². The largest absolute Gasteiger partial charge is 0.355 e. The van der Waals surface area contributed by atoms with E-state index in [1.807, 2.05) is 12.1 Å². The Hall–Kier alpha value is -2.94. The molecule has 0 spiro atoms. The number of hydrogen-bond acceptors (Lipinski definition) is 6. The molecule has 10 heteroatoms. The molecule has 0 bridgehead atoms. The molecule has 1 aromatic heterocycles. The molecule has 2 amide bonds. The number of hydrogen-bond donors (Lipinski definition) is 3. The molecule has 0 saturated carbocycles. The van der Waals surface area contributed by atoms with Gasteiger partial charge in [-0.25, -0.2) is 10.4 Å². The van der Waals surface area contributed by atoms with Gasteiger partial charge in [0.25, 0.3) is 0 Å². The first kappa shape index (κ1) is 19.8. The molecule has 0 radical (unpaired) electrons. The number of amides is 2. The fourth-order valence-corrected chi connectivity index (χ4v) is 3.02. The van der Waals surface area contributed by atoms with Crippen LogP contribution in [0.2, 0.25) is 10.0 Å². The van der Waals surface area contributed by atoms with Crippen molar-refractivity contribution in [3.8, 4) is 0 Å². The molecule has 2 aromatic carbocycles. The highest BCUT2D eigenvalue weighted by molar-refractivity contribution is 7.13. The van der Waals surface area contributed by atoms with Crippen LogP contribution in [0.4, 0.5) is 16.5 Å². The molecule has 0 atom stereocenters. The van der Waals surface area contributed by atoms with E-state index in [-0.39, 0.29) is 0 Å². The normalized spacial score (nSPS) is 10.6. The monoisotopic (exact) mass is 433 g/mol. The molecule has 0 fully saturated rings. The molecule has 7 nitrogen and oxygen atoms in total. The molecule has 3 rings (SSSR count). The number of halogens is 2. The maximum absolute atomic E-state index is 11.8. The lowest BCUT2D eigenvalue weighted by atomic mass is 10.2. The number of hydrazone groups is 1. The van der Waals surface area contributed by atoms with Crippen molar-refractivity contribution >= 4 is 69.1 Å². The molecule has 0 aliphatic rings. The summed E-state index contributed by atoms with van der Waals surface area (Å²) in [4.78, 5) is 27.5. The van der Waals surface area contributed by atoms with E-state index < -0.39 is 11.8 Å². The summed E-state index contributed by atoms with van der Waals surface area (Å²) in [5, 5.41) is 12.5. The smallest absolute Gasteiger partial charge is 0.329 e. The van der Waals surface area contributed by atoms with Gasteiger partial charge in [-0.2, -0.15) is 5.10 Å². The van der Waals surface area contributed by atoms with E-state index in [4.69, 9.17) is 23.2 Å². The van der Waals surface area contributed by atoms with E-state index in [9.17, 15) is 9.59 Å². The number of nitrogens with one attached hydrogen (secondary N) is 3. The number of anilines is 3. The van der Waals surface area contributed by atoms with E-state index >= 15 is 0 Å². The standard InChI is InChI=1S/C18H13Cl2N5O2S/c19-12-2-1-3-14(9-12)23-15-5-4-13(20)8-11(15)10-22-25-17(27)16(26)24-18-21-6-7-28-18/h1-10,23H,(H,25,27)(H,21,24,26)/b22-10-. The molecule has 0 aliphatic carbocycles. The number of nitrogens with zero attached hydrogens (tertiary/aromatic N) is 2. The molecule has 0 unspecified atom stereocenters. The average Bonchev–Trinajstić information content (AvgIpc) is 3.17. The van der Waals surface area contributed by atoms with Crippen LogP contribution in [0.3, 0.4) is 0 Å². The highest BCUT2D eigenvalue weighted by Gasteiger charge is 2.14. The van der Waals surface area contributed by atoms with Gasteiger partial charge in [0.05, 0.1) is 6.21 Å². The van der Waals surface area contributed by atoms with Crippen LogP contribution in [0.15, 0.2) is 59.1 Å². The number of thiazole rings is 1. The van der Waals surface area contributed by atoms with Crippen LogP contribution in [0.25, 0.3) is 0 Å². The molecule has 142 valence electrons. The third-order valence-electron chi connectivity index (χ3n) is 3.35. The van der Waals surface area contributed by atoms with Crippen molar-refractivity contribution in [2.75, 3.05) is 10.6 Å². The number of carbonyl (C=O) groups is 2. The van der Waals surface area contributed by atoms with Crippen molar-refractivity contribution in [1.29, 1.82) is 0 Å². The van der Waals surface area contributed by atoms with E-state index in [2.05, 4.69) is 26.1 Å². The Morgan fingerprint density at radius 1 is 1.07 bits per heavy atom. The lowest BCUT2D eigenvalue weighted by molar-refractivity contribution is -0.136. The minimum absolute atomic E-state index is 0.326. The fraction of sp³-hybridized carbons (Fsp3) is 0.